The first-order chi connectivity index (χ1) is 11.2. The zero-order valence-electron chi connectivity index (χ0n) is 14.0. The van der Waals surface area contributed by atoms with Crippen molar-refractivity contribution in [2.75, 3.05) is 38.2 Å². The van der Waals surface area contributed by atoms with E-state index < -0.39 is 0 Å². The molecule has 0 bridgehead atoms. The van der Waals surface area contributed by atoms with Crippen molar-refractivity contribution < 1.29 is 14.3 Å². The first-order valence-corrected chi connectivity index (χ1v) is 8.53. The van der Waals surface area contributed by atoms with E-state index in [-0.39, 0.29) is 17.9 Å². The summed E-state index contributed by atoms with van der Waals surface area (Å²) in [6.07, 6.45) is 0.951. The zero-order chi connectivity index (χ0) is 16.2. The summed E-state index contributed by atoms with van der Waals surface area (Å²) in [5.74, 6) is 0.0827. The van der Waals surface area contributed by atoms with E-state index in [2.05, 4.69) is 29.3 Å². The Balaban J connectivity index is 1.53. The zero-order valence-corrected chi connectivity index (χ0v) is 14.0. The average Bonchev–Trinajstić information content (AvgIpc) is 3.35. The van der Waals surface area contributed by atoms with Gasteiger partial charge in [0.05, 0.1) is 25.2 Å². The Kier molecular flexibility index (Phi) is 5.30. The number of nitrogens with zero attached hydrogens (tertiary/aromatic N) is 1. The molecule has 23 heavy (non-hydrogen) atoms. The Hall–Kier alpha value is -1.43. The van der Waals surface area contributed by atoms with Gasteiger partial charge in [-0.05, 0) is 38.0 Å². The van der Waals surface area contributed by atoms with Gasteiger partial charge in [-0.15, -0.1) is 0 Å². The van der Waals surface area contributed by atoms with Crippen molar-refractivity contribution in [3.05, 3.63) is 29.8 Å². The number of hydrogen-bond donors (Lipinski definition) is 1. The van der Waals surface area contributed by atoms with E-state index in [1.165, 1.54) is 5.56 Å². The molecule has 5 nitrogen and oxygen atoms in total. The normalized spacial score (nSPS) is 25.8. The van der Waals surface area contributed by atoms with E-state index in [0.29, 0.717) is 12.6 Å². The van der Waals surface area contributed by atoms with Crippen LogP contribution >= 0.6 is 0 Å². The van der Waals surface area contributed by atoms with Gasteiger partial charge in [0, 0.05) is 31.4 Å². The second-order valence-corrected chi connectivity index (χ2v) is 6.27. The first kappa shape index (κ1) is 16.4. The van der Waals surface area contributed by atoms with Crippen LogP contribution in [0.5, 0.6) is 0 Å². The molecule has 126 valence electrons. The van der Waals surface area contributed by atoms with Crippen LogP contribution in [-0.4, -0.2) is 49.8 Å². The molecule has 2 aliphatic rings. The maximum atomic E-state index is 12.1. The van der Waals surface area contributed by atoms with Crippen LogP contribution in [0.25, 0.3) is 0 Å². The highest BCUT2D eigenvalue weighted by molar-refractivity contribution is 5.94. The fourth-order valence-electron chi connectivity index (χ4n) is 3.10. The molecule has 1 amide bonds. The lowest BCUT2D eigenvalue weighted by Crippen LogP contribution is -2.38. The highest BCUT2D eigenvalue weighted by atomic mass is 16.5. The number of anilines is 1. The highest BCUT2D eigenvalue weighted by Crippen LogP contribution is 2.34. The highest BCUT2D eigenvalue weighted by Gasteiger charge is 2.43. The molecule has 3 unspecified atom stereocenters. The van der Waals surface area contributed by atoms with Crippen LogP contribution in [-0.2, 0) is 14.3 Å². The maximum Gasteiger partial charge on any atom is 0.230 e. The van der Waals surface area contributed by atoms with Crippen molar-refractivity contribution >= 4 is 11.6 Å². The minimum absolute atomic E-state index is 0.0156. The standard InChI is InChI=1S/C18H26N2O3/c1-3-23-17-12-16(17)18(21)19-15-6-4-14(5-7-15)13(2)20-8-10-22-11-9-20/h4-7,13,16-17H,3,8-12H2,1-2H3,(H,19,21). The van der Waals surface area contributed by atoms with Crippen molar-refractivity contribution in [1.29, 1.82) is 0 Å². The molecule has 0 spiro atoms. The lowest BCUT2D eigenvalue weighted by atomic mass is 10.1. The van der Waals surface area contributed by atoms with Gasteiger partial charge in [0.1, 0.15) is 0 Å². The quantitative estimate of drug-likeness (QED) is 0.875. The van der Waals surface area contributed by atoms with Crippen LogP contribution in [0.15, 0.2) is 24.3 Å². The van der Waals surface area contributed by atoms with Gasteiger partial charge in [-0.1, -0.05) is 12.1 Å². The van der Waals surface area contributed by atoms with Crippen molar-refractivity contribution in [3.63, 3.8) is 0 Å². The fraction of sp³-hybridized carbons (Fsp3) is 0.611. The van der Waals surface area contributed by atoms with Gasteiger partial charge in [-0.2, -0.15) is 0 Å². The Morgan fingerprint density at radius 1 is 1.35 bits per heavy atom. The van der Waals surface area contributed by atoms with Crippen molar-refractivity contribution in [2.24, 2.45) is 5.92 Å². The lowest BCUT2D eigenvalue weighted by Gasteiger charge is -2.32. The average molecular weight is 318 g/mol. The number of ether oxygens (including phenoxy) is 2. The smallest absolute Gasteiger partial charge is 0.230 e. The SMILES string of the molecule is CCOC1CC1C(=O)Nc1ccc(C(C)N2CCOCC2)cc1. The molecule has 1 aliphatic carbocycles. The summed E-state index contributed by atoms with van der Waals surface area (Å²) >= 11 is 0. The lowest BCUT2D eigenvalue weighted by molar-refractivity contribution is -0.118. The molecule has 1 N–H and O–H groups in total. The van der Waals surface area contributed by atoms with Crippen molar-refractivity contribution in [2.45, 2.75) is 32.4 Å². The molecular weight excluding hydrogens is 292 g/mol. The third kappa shape index (κ3) is 4.10. The van der Waals surface area contributed by atoms with E-state index in [1.807, 2.05) is 19.1 Å². The van der Waals surface area contributed by atoms with Gasteiger partial charge in [-0.3, -0.25) is 9.69 Å². The molecule has 5 heteroatoms. The third-order valence-electron chi connectivity index (χ3n) is 4.70. The van der Waals surface area contributed by atoms with E-state index in [9.17, 15) is 4.79 Å². The number of rotatable bonds is 6. The summed E-state index contributed by atoms with van der Waals surface area (Å²) in [5, 5.41) is 2.99. The number of amides is 1. The number of hydrogen-bond acceptors (Lipinski definition) is 4. The Morgan fingerprint density at radius 3 is 2.70 bits per heavy atom. The predicted octanol–water partition coefficient (Wildman–Crippen LogP) is 2.44. The van der Waals surface area contributed by atoms with Gasteiger partial charge >= 0.3 is 0 Å². The van der Waals surface area contributed by atoms with Crippen LogP contribution in [0, 0.1) is 5.92 Å². The van der Waals surface area contributed by atoms with Crippen LogP contribution in [0.1, 0.15) is 31.9 Å². The van der Waals surface area contributed by atoms with Gasteiger partial charge in [0.25, 0.3) is 0 Å². The second kappa shape index (κ2) is 7.43. The van der Waals surface area contributed by atoms with Crippen LogP contribution in [0.3, 0.4) is 0 Å². The molecule has 3 atom stereocenters. The largest absolute Gasteiger partial charge is 0.379 e. The number of nitrogens with one attached hydrogen (secondary N) is 1. The molecule has 1 aliphatic heterocycles. The third-order valence-corrected chi connectivity index (χ3v) is 4.70. The minimum Gasteiger partial charge on any atom is -0.379 e. The Bertz CT molecular complexity index is 526. The molecular formula is C18H26N2O3. The van der Waals surface area contributed by atoms with E-state index in [1.54, 1.807) is 0 Å². The van der Waals surface area contributed by atoms with Crippen LogP contribution in [0.4, 0.5) is 5.69 Å². The van der Waals surface area contributed by atoms with E-state index in [0.717, 1.165) is 38.4 Å². The fourth-order valence-corrected chi connectivity index (χ4v) is 3.10. The molecule has 3 rings (SSSR count). The topological polar surface area (TPSA) is 50.8 Å². The van der Waals surface area contributed by atoms with Gasteiger partial charge in [-0.25, -0.2) is 0 Å². The van der Waals surface area contributed by atoms with Gasteiger partial charge in [0.2, 0.25) is 5.91 Å². The Morgan fingerprint density at radius 2 is 2.04 bits per heavy atom. The van der Waals surface area contributed by atoms with Crippen LogP contribution in [0.2, 0.25) is 0 Å². The summed E-state index contributed by atoms with van der Waals surface area (Å²) < 4.78 is 10.9. The molecule has 2 fully saturated rings. The summed E-state index contributed by atoms with van der Waals surface area (Å²) in [5.41, 5.74) is 2.12. The molecule has 0 aromatic heterocycles. The minimum atomic E-state index is 0.0156. The van der Waals surface area contributed by atoms with Crippen molar-refractivity contribution in [3.8, 4) is 0 Å². The molecule has 0 radical (unpaired) electrons. The second-order valence-electron chi connectivity index (χ2n) is 6.27. The molecule has 1 aromatic carbocycles. The van der Waals surface area contributed by atoms with Crippen molar-refractivity contribution in [1.82, 2.24) is 4.90 Å². The number of morpholine rings is 1. The van der Waals surface area contributed by atoms with E-state index in [4.69, 9.17) is 9.47 Å². The summed E-state index contributed by atoms with van der Waals surface area (Å²) in [6.45, 7) is 8.40. The Labute approximate surface area is 137 Å². The van der Waals surface area contributed by atoms with Gasteiger partial charge < -0.3 is 14.8 Å². The number of benzene rings is 1. The van der Waals surface area contributed by atoms with Crippen LogP contribution < -0.4 is 5.32 Å². The maximum absolute atomic E-state index is 12.1. The summed E-state index contributed by atoms with van der Waals surface area (Å²) in [4.78, 5) is 14.5. The summed E-state index contributed by atoms with van der Waals surface area (Å²) in [7, 11) is 0. The molecule has 1 saturated carbocycles. The molecule has 1 saturated heterocycles. The van der Waals surface area contributed by atoms with Gasteiger partial charge in [0.15, 0.2) is 0 Å². The number of carbonyl (C=O) groups excluding carboxylic acids is 1. The number of carbonyl (C=O) groups is 1. The van der Waals surface area contributed by atoms with E-state index >= 15 is 0 Å². The first-order valence-electron chi connectivity index (χ1n) is 8.53. The predicted molar refractivity (Wildman–Crippen MR) is 89.4 cm³/mol. The molecule has 1 heterocycles. The summed E-state index contributed by atoms with van der Waals surface area (Å²) in [6, 6.07) is 8.55. The monoisotopic (exact) mass is 318 g/mol. The molecule has 1 aromatic rings.